The summed E-state index contributed by atoms with van der Waals surface area (Å²) in [5.74, 6) is 1.31. The molecule has 1 aromatic carbocycles. The monoisotopic (exact) mass is 284 g/mol. The number of ether oxygens (including phenoxy) is 2. The maximum Gasteiger partial charge on any atom is 0.234 e. The molecule has 0 bridgehead atoms. The summed E-state index contributed by atoms with van der Waals surface area (Å²) in [6.07, 6.45) is 1.94. The average Bonchev–Trinajstić information content (AvgIpc) is 2.97. The molecule has 1 unspecified atom stereocenters. The number of hydrogen-bond donors (Lipinski definition) is 2. The van der Waals surface area contributed by atoms with Crippen molar-refractivity contribution in [3.05, 3.63) is 18.2 Å². The van der Waals surface area contributed by atoms with Gasteiger partial charge in [0.05, 0.1) is 11.4 Å². The molecule has 2 aliphatic heterocycles. The zero-order valence-corrected chi connectivity index (χ0v) is 11.2. The lowest BCUT2D eigenvalue weighted by molar-refractivity contribution is 0.174. The fourth-order valence-electron chi connectivity index (χ4n) is 2.35. The van der Waals surface area contributed by atoms with Crippen molar-refractivity contribution in [2.24, 2.45) is 0 Å². The van der Waals surface area contributed by atoms with E-state index >= 15 is 0 Å². The van der Waals surface area contributed by atoms with E-state index in [0.717, 1.165) is 19.4 Å². The lowest BCUT2D eigenvalue weighted by atomic mass is 10.3. The Bertz CT molecular complexity index is 567. The predicted octanol–water partition coefficient (Wildman–Crippen LogP) is 0.909. The van der Waals surface area contributed by atoms with E-state index < -0.39 is 10.0 Å². The minimum atomic E-state index is -3.34. The summed E-state index contributed by atoms with van der Waals surface area (Å²) in [4.78, 5) is 0. The first-order valence-corrected chi connectivity index (χ1v) is 7.91. The summed E-state index contributed by atoms with van der Waals surface area (Å²) >= 11 is 0. The molecule has 1 saturated heterocycles. The molecule has 0 aromatic heterocycles. The van der Waals surface area contributed by atoms with Crippen molar-refractivity contribution < 1.29 is 17.9 Å². The smallest absolute Gasteiger partial charge is 0.234 e. The third-order valence-corrected chi connectivity index (χ3v) is 4.62. The first-order valence-electron chi connectivity index (χ1n) is 6.26. The Morgan fingerprint density at radius 3 is 2.95 bits per heavy atom. The number of anilines is 1. The summed E-state index contributed by atoms with van der Waals surface area (Å²) in [7, 11) is -3.34. The second-order valence-corrected chi connectivity index (χ2v) is 6.51. The van der Waals surface area contributed by atoms with Gasteiger partial charge < -0.3 is 14.8 Å². The Morgan fingerprint density at radius 2 is 2.16 bits per heavy atom. The SMILES string of the molecule is O=S(=O)(CC1CCCN1)Nc1ccc2c(c1)OCO2. The molecular formula is C12H16N2O4S. The molecule has 2 N–H and O–H groups in total. The topological polar surface area (TPSA) is 76.7 Å². The number of hydrogen-bond acceptors (Lipinski definition) is 5. The zero-order chi connectivity index (χ0) is 13.3. The van der Waals surface area contributed by atoms with E-state index in [-0.39, 0.29) is 18.6 Å². The van der Waals surface area contributed by atoms with E-state index in [4.69, 9.17) is 9.47 Å². The number of rotatable bonds is 4. The standard InChI is InChI=1S/C12H16N2O4S/c15-19(16,7-10-2-1-5-13-10)14-9-3-4-11-12(6-9)18-8-17-11/h3-4,6,10,13-14H,1-2,5,7-8H2. The molecule has 1 fully saturated rings. The molecule has 0 saturated carbocycles. The van der Waals surface area contributed by atoms with Crippen molar-refractivity contribution in [2.75, 3.05) is 23.8 Å². The van der Waals surface area contributed by atoms with E-state index in [9.17, 15) is 8.42 Å². The highest BCUT2D eigenvalue weighted by atomic mass is 32.2. The summed E-state index contributed by atoms with van der Waals surface area (Å²) in [6.45, 7) is 1.07. The maximum atomic E-state index is 12.0. The van der Waals surface area contributed by atoms with Gasteiger partial charge in [-0.25, -0.2) is 8.42 Å². The summed E-state index contributed by atoms with van der Waals surface area (Å²) < 4.78 is 37.0. The van der Waals surface area contributed by atoms with E-state index in [1.165, 1.54) is 0 Å². The largest absolute Gasteiger partial charge is 0.454 e. The molecule has 19 heavy (non-hydrogen) atoms. The quantitative estimate of drug-likeness (QED) is 0.859. The van der Waals surface area contributed by atoms with Crippen LogP contribution in [-0.4, -0.2) is 33.6 Å². The van der Waals surface area contributed by atoms with E-state index in [0.29, 0.717) is 17.2 Å². The molecule has 0 spiro atoms. The van der Waals surface area contributed by atoms with Gasteiger partial charge in [0.2, 0.25) is 16.8 Å². The molecule has 0 amide bonds. The fraction of sp³-hybridized carbons (Fsp3) is 0.500. The first-order chi connectivity index (χ1) is 9.12. The average molecular weight is 284 g/mol. The molecule has 1 atom stereocenters. The van der Waals surface area contributed by atoms with E-state index in [1.807, 2.05) is 0 Å². The molecule has 0 radical (unpaired) electrons. The molecule has 6 nitrogen and oxygen atoms in total. The Kier molecular flexibility index (Phi) is 3.24. The van der Waals surface area contributed by atoms with Crippen molar-refractivity contribution in [1.29, 1.82) is 0 Å². The van der Waals surface area contributed by atoms with Gasteiger partial charge in [0.1, 0.15) is 0 Å². The van der Waals surface area contributed by atoms with Crippen molar-refractivity contribution >= 4 is 15.7 Å². The third-order valence-electron chi connectivity index (χ3n) is 3.23. The van der Waals surface area contributed by atoms with Crippen molar-refractivity contribution in [1.82, 2.24) is 5.32 Å². The van der Waals surface area contributed by atoms with Crippen LogP contribution in [0, 0.1) is 0 Å². The lowest BCUT2D eigenvalue weighted by Crippen LogP contribution is -2.32. The normalized spacial score (nSPS) is 21.6. The Morgan fingerprint density at radius 1 is 1.32 bits per heavy atom. The van der Waals surface area contributed by atoms with Crippen LogP contribution >= 0.6 is 0 Å². The minimum Gasteiger partial charge on any atom is -0.454 e. The first kappa shape index (κ1) is 12.6. The Balaban J connectivity index is 1.69. The van der Waals surface area contributed by atoms with Crippen LogP contribution in [0.15, 0.2) is 18.2 Å². The number of fused-ring (bicyclic) bond motifs is 1. The second-order valence-electron chi connectivity index (χ2n) is 4.74. The highest BCUT2D eigenvalue weighted by Crippen LogP contribution is 2.34. The molecule has 0 aliphatic carbocycles. The van der Waals surface area contributed by atoms with Gasteiger partial charge in [-0.3, -0.25) is 4.72 Å². The van der Waals surface area contributed by atoms with Crippen LogP contribution in [0.25, 0.3) is 0 Å². The molecule has 2 aliphatic rings. The summed E-state index contributed by atoms with van der Waals surface area (Å²) in [5, 5.41) is 3.18. The second kappa shape index (κ2) is 4.90. The molecular weight excluding hydrogens is 268 g/mol. The van der Waals surface area contributed by atoms with Gasteiger partial charge in [-0.05, 0) is 31.5 Å². The zero-order valence-electron chi connectivity index (χ0n) is 10.4. The van der Waals surface area contributed by atoms with Gasteiger partial charge in [0.15, 0.2) is 11.5 Å². The van der Waals surface area contributed by atoms with Gasteiger partial charge >= 0.3 is 0 Å². The highest BCUT2D eigenvalue weighted by Gasteiger charge is 2.22. The van der Waals surface area contributed by atoms with Crippen molar-refractivity contribution in [3.63, 3.8) is 0 Å². The van der Waals surface area contributed by atoms with Crippen LogP contribution in [0.2, 0.25) is 0 Å². The molecule has 1 aromatic rings. The van der Waals surface area contributed by atoms with Gasteiger partial charge in [0.25, 0.3) is 0 Å². The number of nitrogens with one attached hydrogen (secondary N) is 2. The summed E-state index contributed by atoms with van der Waals surface area (Å²) in [5.41, 5.74) is 0.502. The van der Waals surface area contributed by atoms with Crippen LogP contribution in [0.3, 0.4) is 0 Å². The fourth-order valence-corrected chi connectivity index (χ4v) is 3.73. The third kappa shape index (κ3) is 2.93. The highest BCUT2D eigenvalue weighted by molar-refractivity contribution is 7.92. The summed E-state index contributed by atoms with van der Waals surface area (Å²) in [6, 6.07) is 5.06. The Labute approximate surface area is 112 Å². The van der Waals surface area contributed by atoms with Crippen LogP contribution < -0.4 is 19.5 Å². The van der Waals surface area contributed by atoms with E-state index in [1.54, 1.807) is 18.2 Å². The van der Waals surface area contributed by atoms with Crippen LogP contribution in [0.5, 0.6) is 11.5 Å². The number of sulfonamides is 1. The van der Waals surface area contributed by atoms with Crippen molar-refractivity contribution in [3.8, 4) is 11.5 Å². The lowest BCUT2D eigenvalue weighted by Gasteiger charge is -2.12. The molecule has 7 heteroatoms. The number of benzene rings is 1. The molecule has 104 valence electrons. The van der Waals surface area contributed by atoms with Crippen LogP contribution in [0.1, 0.15) is 12.8 Å². The maximum absolute atomic E-state index is 12.0. The molecule has 3 rings (SSSR count). The van der Waals surface area contributed by atoms with Crippen molar-refractivity contribution in [2.45, 2.75) is 18.9 Å². The predicted molar refractivity (Wildman–Crippen MR) is 71.0 cm³/mol. The molecule has 2 heterocycles. The minimum absolute atomic E-state index is 0.0477. The van der Waals surface area contributed by atoms with Gasteiger partial charge in [-0.15, -0.1) is 0 Å². The van der Waals surface area contributed by atoms with Gasteiger partial charge in [0, 0.05) is 12.1 Å². The van der Waals surface area contributed by atoms with E-state index in [2.05, 4.69) is 10.0 Å². The van der Waals surface area contributed by atoms with Gasteiger partial charge in [-0.1, -0.05) is 0 Å². The van der Waals surface area contributed by atoms with Crippen LogP contribution in [-0.2, 0) is 10.0 Å². The Hall–Kier alpha value is -1.47. The van der Waals surface area contributed by atoms with Crippen LogP contribution in [0.4, 0.5) is 5.69 Å². The van der Waals surface area contributed by atoms with Gasteiger partial charge in [-0.2, -0.15) is 0 Å².